The average molecular weight is 622 g/mol. The van der Waals surface area contributed by atoms with Crippen molar-refractivity contribution in [2.24, 2.45) is 10.8 Å². The van der Waals surface area contributed by atoms with Crippen molar-refractivity contribution in [3.05, 3.63) is 58.6 Å². The second-order valence-electron chi connectivity index (χ2n) is 14.4. The van der Waals surface area contributed by atoms with Crippen LogP contribution in [0.5, 0.6) is 5.75 Å². The molecule has 9 nitrogen and oxygen atoms in total. The van der Waals surface area contributed by atoms with Gasteiger partial charge < -0.3 is 24.6 Å². The van der Waals surface area contributed by atoms with Gasteiger partial charge in [0.1, 0.15) is 23.5 Å². The van der Waals surface area contributed by atoms with Gasteiger partial charge in [-0.25, -0.2) is 4.79 Å². The van der Waals surface area contributed by atoms with E-state index in [2.05, 4.69) is 48.9 Å². The van der Waals surface area contributed by atoms with Gasteiger partial charge in [-0.05, 0) is 57.2 Å². The Morgan fingerprint density at radius 2 is 1.59 bits per heavy atom. The fourth-order valence-corrected chi connectivity index (χ4v) is 7.35. The maximum absolute atomic E-state index is 13.3. The van der Waals surface area contributed by atoms with Crippen LogP contribution in [0.15, 0.2) is 42.5 Å². The summed E-state index contributed by atoms with van der Waals surface area (Å²) in [6.45, 7) is 19.1. The number of nitrogens with zero attached hydrogens (tertiary/aromatic N) is 4. The summed E-state index contributed by atoms with van der Waals surface area (Å²) in [5.41, 5.74) is 0.998. The highest BCUT2D eigenvalue weighted by molar-refractivity contribution is 6.31. The lowest BCUT2D eigenvalue weighted by Crippen LogP contribution is -2.74. The van der Waals surface area contributed by atoms with E-state index in [9.17, 15) is 9.59 Å². The molecule has 1 aliphatic carbocycles. The lowest BCUT2D eigenvalue weighted by Gasteiger charge is -2.63. The van der Waals surface area contributed by atoms with Crippen LogP contribution >= 0.6 is 11.6 Å². The molecule has 1 saturated carbocycles. The number of hydrogen-bond donors (Lipinski definition) is 1. The molecule has 0 unspecified atom stereocenters. The predicted octanol–water partition coefficient (Wildman–Crippen LogP) is 5.56. The maximum Gasteiger partial charge on any atom is 0.410 e. The van der Waals surface area contributed by atoms with Crippen molar-refractivity contribution in [1.29, 1.82) is 5.26 Å². The van der Waals surface area contributed by atoms with Crippen LogP contribution in [-0.4, -0.2) is 84.9 Å². The fourth-order valence-electron chi connectivity index (χ4n) is 7.14. The standard InChI is InChI=1S/C34H44ClN5O4/c1-32(2,3)44-31(42)40-20-25(21-40)39-16-14-38(15-17-39)24-11-8-22(9-12-24)28(41)37-29-33(4,5)30(34(29,6)7)43-26-13-10-23(19-36)27(35)18-26/h8-13,18,25,29-30H,14-17,20-21H2,1-7H3,(H,37,41). The van der Waals surface area contributed by atoms with E-state index in [4.69, 9.17) is 26.3 Å². The molecule has 3 aliphatic rings. The number of rotatable bonds is 6. The van der Waals surface area contributed by atoms with Crippen molar-refractivity contribution >= 4 is 29.3 Å². The van der Waals surface area contributed by atoms with E-state index in [1.807, 2.05) is 45.0 Å². The van der Waals surface area contributed by atoms with E-state index < -0.39 is 5.60 Å². The third kappa shape index (κ3) is 6.33. The highest BCUT2D eigenvalue weighted by atomic mass is 35.5. The minimum atomic E-state index is -0.476. The van der Waals surface area contributed by atoms with Gasteiger partial charge in [0.05, 0.1) is 10.6 Å². The molecule has 2 aromatic carbocycles. The van der Waals surface area contributed by atoms with E-state index in [-0.39, 0.29) is 35.0 Å². The fraction of sp³-hybridized carbons (Fsp3) is 0.559. The number of amides is 2. The number of ether oxygens (including phenoxy) is 2. The average Bonchev–Trinajstić information content (AvgIpc) is 2.93. The van der Waals surface area contributed by atoms with Gasteiger partial charge in [-0.15, -0.1) is 0 Å². The van der Waals surface area contributed by atoms with Crippen LogP contribution in [-0.2, 0) is 4.74 Å². The summed E-state index contributed by atoms with van der Waals surface area (Å²) in [7, 11) is 0. The highest BCUT2D eigenvalue weighted by Crippen LogP contribution is 2.55. The topological polar surface area (TPSA) is 98.1 Å². The number of carbonyl (C=O) groups excluding carboxylic acids is 2. The normalized spacial score (nSPS) is 23.2. The third-order valence-electron chi connectivity index (χ3n) is 9.27. The van der Waals surface area contributed by atoms with Crippen molar-refractivity contribution in [1.82, 2.24) is 15.1 Å². The molecule has 236 valence electrons. The van der Waals surface area contributed by atoms with Gasteiger partial charge in [-0.2, -0.15) is 5.26 Å². The van der Waals surface area contributed by atoms with Gasteiger partial charge in [0.15, 0.2) is 0 Å². The summed E-state index contributed by atoms with van der Waals surface area (Å²) in [5, 5.41) is 12.8. The lowest BCUT2D eigenvalue weighted by molar-refractivity contribution is -0.164. The zero-order valence-electron chi connectivity index (χ0n) is 26.8. The molecule has 44 heavy (non-hydrogen) atoms. The second kappa shape index (κ2) is 11.8. The molecule has 0 spiro atoms. The summed E-state index contributed by atoms with van der Waals surface area (Å²) >= 11 is 6.22. The molecular formula is C34H44ClN5O4. The molecule has 10 heteroatoms. The van der Waals surface area contributed by atoms with E-state index in [0.29, 0.717) is 41.0 Å². The smallest absolute Gasteiger partial charge is 0.410 e. The number of nitriles is 1. The van der Waals surface area contributed by atoms with Crippen molar-refractivity contribution in [3.63, 3.8) is 0 Å². The molecule has 2 aromatic rings. The van der Waals surface area contributed by atoms with Crippen molar-refractivity contribution in [2.75, 3.05) is 44.2 Å². The van der Waals surface area contributed by atoms with Crippen LogP contribution in [0.1, 0.15) is 64.4 Å². The number of nitrogens with one attached hydrogen (secondary N) is 1. The first kappa shape index (κ1) is 31.9. The number of benzene rings is 2. The van der Waals surface area contributed by atoms with E-state index in [1.165, 1.54) is 0 Å². The summed E-state index contributed by atoms with van der Waals surface area (Å²) in [6, 6.07) is 15.3. The van der Waals surface area contributed by atoms with E-state index in [1.54, 1.807) is 23.1 Å². The number of halogens is 1. The monoisotopic (exact) mass is 621 g/mol. The molecule has 5 rings (SSSR count). The van der Waals surface area contributed by atoms with Gasteiger partial charge in [0.25, 0.3) is 5.91 Å². The predicted molar refractivity (Wildman–Crippen MR) is 171 cm³/mol. The Hall–Kier alpha value is -3.48. The Morgan fingerprint density at radius 3 is 2.14 bits per heavy atom. The van der Waals surface area contributed by atoms with Gasteiger partial charge in [-0.1, -0.05) is 39.3 Å². The van der Waals surface area contributed by atoms with E-state index in [0.717, 1.165) is 31.9 Å². The van der Waals surface area contributed by atoms with E-state index >= 15 is 0 Å². The first-order valence-corrected chi connectivity index (χ1v) is 15.7. The Labute approximate surface area is 266 Å². The van der Waals surface area contributed by atoms with Crippen LogP contribution in [0, 0.1) is 22.2 Å². The zero-order chi connectivity index (χ0) is 32.0. The van der Waals surface area contributed by atoms with Gasteiger partial charge in [0, 0.05) is 79.5 Å². The molecule has 2 saturated heterocycles. The first-order valence-electron chi connectivity index (χ1n) is 15.3. The zero-order valence-corrected chi connectivity index (χ0v) is 27.6. The molecule has 0 atom stereocenters. The Morgan fingerprint density at radius 1 is 0.977 bits per heavy atom. The molecule has 0 bridgehead atoms. The van der Waals surface area contributed by atoms with Crippen LogP contribution in [0.25, 0.3) is 0 Å². The van der Waals surface area contributed by atoms with Crippen molar-refractivity contribution in [2.45, 2.75) is 72.3 Å². The highest BCUT2D eigenvalue weighted by Gasteiger charge is 2.64. The molecule has 3 fully saturated rings. The van der Waals surface area contributed by atoms with Crippen molar-refractivity contribution in [3.8, 4) is 11.8 Å². The third-order valence-corrected chi connectivity index (χ3v) is 9.58. The summed E-state index contributed by atoms with van der Waals surface area (Å²) in [6.07, 6.45) is -0.395. The summed E-state index contributed by atoms with van der Waals surface area (Å²) < 4.78 is 11.8. The molecule has 2 aliphatic heterocycles. The minimum absolute atomic E-state index is 0.105. The van der Waals surface area contributed by atoms with Crippen LogP contribution < -0.4 is 15.0 Å². The summed E-state index contributed by atoms with van der Waals surface area (Å²) in [4.78, 5) is 32.2. The summed E-state index contributed by atoms with van der Waals surface area (Å²) in [5.74, 6) is 0.503. The Bertz CT molecular complexity index is 1420. The SMILES string of the molecule is CC(C)(C)OC(=O)N1CC(N2CCN(c3ccc(C(=O)NC4C(C)(C)C(Oc5ccc(C#N)c(Cl)c5)C4(C)C)cc3)CC2)C1. The number of hydrogen-bond acceptors (Lipinski definition) is 7. The van der Waals surface area contributed by atoms with Gasteiger partial charge in [-0.3, -0.25) is 9.69 Å². The second-order valence-corrected chi connectivity index (χ2v) is 14.8. The van der Waals surface area contributed by atoms with Crippen LogP contribution in [0.3, 0.4) is 0 Å². The molecule has 0 radical (unpaired) electrons. The molecule has 2 amide bonds. The van der Waals surface area contributed by atoms with Crippen LogP contribution in [0.4, 0.5) is 10.5 Å². The minimum Gasteiger partial charge on any atom is -0.489 e. The largest absolute Gasteiger partial charge is 0.489 e. The molecule has 0 aromatic heterocycles. The Kier molecular flexibility index (Phi) is 8.56. The quantitative estimate of drug-likeness (QED) is 0.451. The lowest BCUT2D eigenvalue weighted by atomic mass is 9.49. The molecule has 2 heterocycles. The maximum atomic E-state index is 13.3. The van der Waals surface area contributed by atoms with Gasteiger partial charge in [0.2, 0.25) is 0 Å². The molecule has 1 N–H and O–H groups in total. The van der Waals surface area contributed by atoms with Crippen LogP contribution in [0.2, 0.25) is 5.02 Å². The first-order chi connectivity index (χ1) is 20.6. The number of carbonyl (C=O) groups is 2. The Balaban J connectivity index is 1.11. The number of likely N-dealkylation sites (tertiary alicyclic amines) is 1. The molecular weight excluding hydrogens is 578 g/mol. The number of anilines is 1. The van der Waals surface area contributed by atoms with Gasteiger partial charge >= 0.3 is 6.09 Å². The number of piperazine rings is 1. The van der Waals surface area contributed by atoms with Crippen molar-refractivity contribution < 1.29 is 19.1 Å².